The lowest BCUT2D eigenvalue weighted by Gasteiger charge is -2.39. The highest BCUT2D eigenvalue weighted by Crippen LogP contribution is 2.59. The van der Waals surface area contributed by atoms with E-state index in [1.165, 1.54) is 19.2 Å². The predicted molar refractivity (Wildman–Crippen MR) is 224 cm³/mol. The van der Waals surface area contributed by atoms with Gasteiger partial charge in [-0.2, -0.15) is 21.6 Å². The summed E-state index contributed by atoms with van der Waals surface area (Å²) in [5.41, 5.74) is 0.881. The molecule has 9 rings (SSSR count). The van der Waals surface area contributed by atoms with Crippen molar-refractivity contribution in [3.05, 3.63) is 149 Å². The van der Waals surface area contributed by atoms with Crippen LogP contribution >= 0.6 is 0 Å². The zero-order valence-electron chi connectivity index (χ0n) is 32.8. The first-order chi connectivity index (χ1) is 28.3. The molecule has 2 aliphatic heterocycles. The van der Waals surface area contributed by atoms with Gasteiger partial charge in [0.1, 0.15) is 11.5 Å². The molecule has 8 nitrogen and oxygen atoms in total. The molecule has 0 amide bonds. The summed E-state index contributed by atoms with van der Waals surface area (Å²) in [6.45, 7) is 7.49. The van der Waals surface area contributed by atoms with Crippen molar-refractivity contribution < 1.29 is 40.0 Å². The van der Waals surface area contributed by atoms with E-state index >= 15 is 0 Å². The van der Waals surface area contributed by atoms with Crippen molar-refractivity contribution in [3.8, 4) is 34.1 Å². The number of rotatable bonds is 8. The maximum absolute atomic E-state index is 13.7. The number of hydrogen-bond donors (Lipinski definition) is 0. The van der Waals surface area contributed by atoms with Gasteiger partial charge in [-0.1, -0.05) is 98.8 Å². The molecular weight excluding hydrogens is 778 g/mol. The second kappa shape index (κ2) is 14.0. The standard InChI is InChI=1S/C47H41F3N2O6S/c1-45(2)37-15-9-8-14-33(37)42-35-28-41(58-59(53,54)47(48,49)50)40(56-4)29-36(35)44-34(43(42)45)22-23-46(57-44,30-12-6-5-7-13-30)31-18-20-32(21-19-31)51-24-26-52(27-25-51)38-16-10-11-17-39(38)55-3/h5-23,28-29H,24-27H2,1-4H3. The zero-order chi connectivity index (χ0) is 41.3. The predicted octanol–water partition coefficient (Wildman–Crippen LogP) is 10.1. The molecule has 1 fully saturated rings. The minimum atomic E-state index is -6.02. The van der Waals surface area contributed by atoms with Crippen molar-refractivity contribution >= 4 is 38.3 Å². The Bertz CT molecular complexity index is 2750. The number of alkyl halides is 3. The molecule has 1 unspecified atom stereocenters. The van der Waals surface area contributed by atoms with Crippen molar-refractivity contribution in [2.75, 3.05) is 50.2 Å². The zero-order valence-corrected chi connectivity index (χ0v) is 33.7. The van der Waals surface area contributed by atoms with Crippen molar-refractivity contribution in [2.45, 2.75) is 30.4 Å². The Morgan fingerprint density at radius 2 is 1.31 bits per heavy atom. The average Bonchev–Trinajstić information content (AvgIpc) is 3.49. The quantitative estimate of drug-likeness (QED) is 0.111. The van der Waals surface area contributed by atoms with Gasteiger partial charge in [0.25, 0.3) is 0 Å². The average molecular weight is 819 g/mol. The van der Waals surface area contributed by atoms with Crippen LogP contribution < -0.4 is 28.2 Å². The van der Waals surface area contributed by atoms with E-state index in [9.17, 15) is 21.6 Å². The molecule has 0 saturated carbocycles. The van der Waals surface area contributed by atoms with E-state index in [0.717, 1.165) is 82.2 Å². The largest absolute Gasteiger partial charge is 0.534 e. The molecule has 6 aromatic rings. The number of piperazine rings is 1. The number of ether oxygens (including phenoxy) is 3. The third kappa shape index (κ3) is 6.14. The van der Waals surface area contributed by atoms with Gasteiger partial charge in [-0.05, 0) is 70.1 Å². The van der Waals surface area contributed by atoms with Gasteiger partial charge in [0.05, 0.1) is 19.9 Å². The second-order valence-electron chi connectivity index (χ2n) is 15.4. The summed E-state index contributed by atoms with van der Waals surface area (Å²) in [5.74, 6) is 0.551. The van der Waals surface area contributed by atoms with Gasteiger partial charge in [0.2, 0.25) is 0 Å². The molecule has 0 bridgehead atoms. The van der Waals surface area contributed by atoms with Crippen LogP contribution in [0.25, 0.3) is 28.0 Å². The first kappa shape index (κ1) is 38.4. The Balaban J connectivity index is 1.17. The molecule has 2 heterocycles. The maximum Gasteiger partial charge on any atom is 0.534 e. The maximum atomic E-state index is 13.7. The number of benzene rings is 6. The highest BCUT2D eigenvalue weighted by molar-refractivity contribution is 7.88. The molecule has 1 saturated heterocycles. The van der Waals surface area contributed by atoms with E-state index in [1.807, 2.05) is 72.8 Å². The van der Waals surface area contributed by atoms with Crippen molar-refractivity contribution in [3.63, 3.8) is 0 Å². The first-order valence-electron chi connectivity index (χ1n) is 19.3. The molecule has 0 radical (unpaired) electrons. The van der Waals surface area contributed by atoms with Gasteiger partial charge in [-0.25, -0.2) is 0 Å². The van der Waals surface area contributed by atoms with Gasteiger partial charge in [0.15, 0.2) is 17.1 Å². The molecule has 3 aliphatic rings. The van der Waals surface area contributed by atoms with E-state index in [1.54, 1.807) is 7.11 Å². The number of nitrogens with zero attached hydrogens (tertiary/aromatic N) is 2. The number of methoxy groups -OCH3 is 2. The lowest BCUT2D eigenvalue weighted by atomic mass is 9.76. The summed E-state index contributed by atoms with van der Waals surface area (Å²) in [4.78, 5) is 4.70. The fraction of sp³-hybridized carbons (Fsp3) is 0.234. The van der Waals surface area contributed by atoms with Crippen LogP contribution in [0.3, 0.4) is 0 Å². The number of halogens is 3. The van der Waals surface area contributed by atoms with Gasteiger partial charge in [-0.3, -0.25) is 0 Å². The van der Waals surface area contributed by atoms with Crippen molar-refractivity contribution in [1.29, 1.82) is 0 Å². The smallest absolute Gasteiger partial charge is 0.495 e. The Labute approximate surface area is 341 Å². The summed E-state index contributed by atoms with van der Waals surface area (Å²) < 4.78 is 89.0. The fourth-order valence-electron chi connectivity index (χ4n) is 9.03. The number of anilines is 2. The highest BCUT2D eigenvalue weighted by atomic mass is 32.2. The minimum Gasteiger partial charge on any atom is -0.495 e. The molecule has 0 aromatic heterocycles. The number of fused-ring (bicyclic) bond motifs is 8. The first-order valence-corrected chi connectivity index (χ1v) is 20.7. The van der Waals surface area contributed by atoms with Gasteiger partial charge in [0, 0.05) is 59.4 Å². The highest BCUT2D eigenvalue weighted by Gasteiger charge is 2.49. The lowest BCUT2D eigenvalue weighted by Crippen LogP contribution is -2.46. The van der Waals surface area contributed by atoms with E-state index in [4.69, 9.17) is 18.4 Å². The van der Waals surface area contributed by atoms with Crippen LogP contribution in [0, 0.1) is 0 Å². The summed E-state index contributed by atoms with van der Waals surface area (Å²) in [6, 6.07) is 37.0. The minimum absolute atomic E-state index is 0.198. The molecule has 1 atom stereocenters. The van der Waals surface area contributed by atoms with Gasteiger partial charge < -0.3 is 28.2 Å². The van der Waals surface area contributed by atoms with Crippen LogP contribution in [0.5, 0.6) is 23.0 Å². The van der Waals surface area contributed by atoms with E-state index in [0.29, 0.717) is 16.5 Å². The van der Waals surface area contributed by atoms with Crippen molar-refractivity contribution in [1.82, 2.24) is 0 Å². The summed E-state index contributed by atoms with van der Waals surface area (Å²) in [6.07, 6.45) is 4.15. The third-order valence-corrected chi connectivity index (χ3v) is 12.8. The molecule has 1 aliphatic carbocycles. The molecular formula is C47H41F3N2O6S. The molecule has 6 aromatic carbocycles. The molecule has 0 N–H and O–H groups in total. The van der Waals surface area contributed by atoms with Crippen LogP contribution in [0.2, 0.25) is 0 Å². The fourth-order valence-corrected chi connectivity index (χ4v) is 9.49. The lowest BCUT2D eigenvalue weighted by molar-refractivity contribution is -0.0500. The van der Waals surface area contributed by atoms with Crippen LogP contribution in [0.1, 0.15) is 41.7 Å². The topological polar surface area (TPSA) is 77.5 Å². The Morgan fingerprint density at radius 1 is 0.695 bits per heavy atom. The molecule has 302 valence electrons. The molecule has 0 spiro atoms. The molecule has 59 heavy (non-hydrogen) atoms. The normalized spacial score (nSPS) is 18.2. The number of hydrogen-bond acceptors (Lipinski definition) is 8. The SMILES string of the molecule is COc1cc2c3c(c4c(c2cc1OS(=O)(=O)C(F)(F)F)-c1ccccc1C4(C)C)C=CC(c1ccccc1)(c1ccc(N2CCN(c4ccccc4OC)CC2)cc1)O3. The number of para-hydroxylation sites is 2. The van der Waals surface area contributed by atoms with Crippen LogP contribution in [-0.4, -0.2) is 54.3 Å². The van der Waals surface area contributed by atoms with Crippen LogP contribution in [0.4, 0.5) is 24.5 Å². The van der Waals surface area contributed by atoms with Gasteiger partial charge in [-0.15, -0.1) is 0 Å². The van der Waals surface area contributed by atoms with E-state index in [-0.39, 0.29) is 5.75 Å². The Kier molecular flexibility index (Phi) is 9.11. The molecule has 12 heteroatoms. The second-order valence-corrected chi connectivity index (χ2v) is 17.0. The summed E-state index contributed by atoms with van der Waals surface area (Å²) >= 11 is 0. The summed E-state index contributed by atoms with van der Waals surface area (Å²) in [5, 5.41) is 0.985. The van der Waals surface area contributed by atoms with E-state index < -0.39 is 32.4 Å². The monoisotopic (exact) mass is 818 g/mol. The van der Waals surface area contributed by atoms with Gasteiger partial charge >= 0.3 is 15.6 Å². The van der Waals surface area contributed by atoms with E-state index in [2.05, 4.69) is 66.1 Å². The van der Waals surface area contributed by atoms with Crippen molar-refractivity contribution in [2.24, 2.45) is 0 Å². The Morgan fingerprint density at radius 3 is 2.00 bits per heavy atom. The van der Waals surface area contributed by atoms with Crippen LogP contribution in [0.15, 0.2) is 121 Å². The summed E-state index contributed by atoms with van der Waals surface area (Å²) in [7, 11) is -3.08. The Hall–Kier alpha value is -6.14. The third-order valence-electron chi connectivity index (χ3n) is 11.9. The van der Waals surface area contributed by atoms with Crippen LogP contribution in [-0.2, 0) is 21.1 Å².